The van der Waals surface area contributed by atoms with Gasteiger partial charge in [-0.1, -0.05) is 17.7 Å². The fourth-order valence-electron chi connectivity index (χ4n) is 1.52. The summed E-state index contributed by atoms with van der Waals surface area (Å²) in [6.45, 7) is 0.497. The van der Waals surface area contributed by atoms with Gasteiger partial charge in [0.2, 0.25) is 0 Å². The molecule has 0 aliphatic heterocycles. The van der Waals surface area contributed by atoms with Crippen LogP contribution in [0.15, 0.2) is 42.6 Å². The molecule has 18 heavy (non-hydrogen) atoms. The maximum Gasteiger partial charge on any atom is 0.150 e. The van der Waals surface area contributed by atoms with E-state index in [1.165, 1.54) is 0 Å². The Morgan fingerprint density at radius 2 is 2.17 bits per heavy atom. The summed E-state index contributed by atoms with van der Waals surface area (Å²) in [5.74, 6) is 0.582. The predicted octanol–water partition coefficient (Wildman–Crippen LogP) is 3.17. The van der Waals surface area contributed by atoms with Crippen molar-refractivity contribution in [3.05, 3.63) is 58.9 Å². The molecule has 0 spiro atoms. The Hall–Kier alpha value is -1.87. The maximum absolute atomic E-state index is 10.6. The summed E-state index contributed by atoms with van der Waals surface area (Å²) in [5, 5.41) is 0.445. The monoisotopic (exact) mass is 261 g/mol. The summed E-state index contributed by atoms with van der Waals surface area (Å²) in [7, 11) is 0. The number of aldehydes is 1. The lowest BCUT2D eigenvalue weighted by Crippen LogP contribution is -2.03. The highest BCUT2D eigenvalue weighted by atomic mass is 35.5. The van der Waals surface area contributed by atoms with E-state index in [1.54, 1.807) is 24.4 Å². The van der Waals surface area contributed by atoms with Gasteiger partial charge in [-0.3, -0.25) is 9.78 Å². The van der Waals surface area contributed by atoms with E-state index in [1.807, 2.05) is 18.2 Å². The Morgan fingerprint density at radius 3 is 2.83 bits per heavy atom. The van der Waals surface area contributed by atoms with Gasteiger partial charge in [0, 0.05) is 23.9 Å². The largest absolute Gasteiger partial charge is 0.492 e. The molecule has 2 aromatic rings. The molecular weight excluding hydrogens is 250 g/mol. The number of rotatable bonds is 5. The standard InChI is InChI=1S/C14H12ClNO2/c15-13-9-11(10-17)4-5-14(13)18-8-6-12-3-1-2-7-16-12/h1-5,7,9-10H,6,8H2. The lowest BCUT2D eigenvalue weighted by Gasteiger charge is -2.07. The number of ether oxygens (including phenoxy) is 1. The van der Waals surface area contributed by atoms with Gasteiger partial charge in [-0.2, -0.15) is 0 Å². The molecule has 0 bridgehead atoms. The van der Waals surface area contributed by atoms with Gasteiger partial charge >= 0.3 is 0 Å². The van der Waals surface area contributed by atoms with Crippen LogP contribution in [0.3, 0.4) is 0 Å². The first kappa shape index (κ1) is 12.6. The van der Waals surface area contributed by atoms with Crippen LogP contribution in [0.5, 0.6) is 5.75 Å². The highest BCUT2D eigenvalue weighted by Gasteiger charge is 2.03. The molecule has 0 saturated heterocycles. The van der Waals surface area contributed by atoms with Gasteiger partial charge in [-0.25, -0.2) is 0 Å². The van der Waals surface area contributed by atoms with Gasteiger partial charge in [0.15, 0.2) is 0 Å². The number of pyridine rings is 1. The maximum atomic E-state index is 10.6. The zero-order valence-electron chi connectivity index (χ0n) is 9.67. The average Bonchev–Trinajstić information content (AvgIpc) is 2.42. The molecule has 1 heterocycles. The molecule has 0 amide bonds. The molecule has 0 unspecified atom stereocenters. The number of carbonyl (C=O) groups is 1. The van der Waals surface area contributed by atoms with Crippen LogP contribution in [-0.2, 0) is 6.42 Å². The summed E-state index contributed by atoms with van der Waals surface area (Å²) in [5.41, 5.74) is 1.51. The van der Waals surface area contributed by atoms with Gasteiger partial charge in [0.1, 0.15) is 12.0 Å². The van der Waals surface area contributed by atoms with E-state index in [4.69, 9.17) is 16.3 Å². The smallest absolute Gasteiger partial charge is 0.150 e. The van der Waals surface area contributed by atoms with Gasteiger partial charge in [-0.05, 0) is 30.3 Å². The number of carbonyl (C=O) groups excluding carboxylic acids is 1. The van der Waals surface area contributed by atoms with Crippen LogP contribution in [0.4, 0.5) is 0 Å². The minimum Gasteiger partial charge on any atom is -0.492 e. The molecule has 0 aliphatic rings. The predicted molar refractivity (Wildman–Crippen MR) is 70.3 cm³/mol. The van der Waals surface area contributed by atoms with E-state index in [0.29, 0.717) is 29.4 Å². The van der Waals surface area contributed by atoms with E-state index in [0.717, 1.165) is 12.0 Å². The van der Waals surface area contributed by atoms with Crippen molar-refractivity contribution in [3.63, 3.8) is 0 Å². The van der Waals surface area contributed by atoms with Crippen molar-refractivity contribution in [1.82, 2.24) is 4.98 Å². The van der Waals surface area contributed by atoms with Gasteiger partial charge in [-0.15, -0.1) is 0 Å². The Morgan fingerprint density at radius 1 is 1.28 bits per heavy atom. The van der Waals surface area contributed by atoms with Crippen LogP contribution in [0, 0.1) is 0 Å². The van der Waals surface area contributed by atoms with E-state index >= 15 is 0 Å². The summed E-state index contributed by atoms with van der Waals surface area (Å²) in [6.07, 6.45) is 3.22. The number of nitrogens with zero attached hydrogens (tertiary/aromatic N) is 1. The highest BCUT2D eigenvalue weighted by Crippen LogP contribution is 2.24. The van der Waals surface area contributed by atoms with Crippen molar-refractivity contribution in [1.29, 1.82) is 0 Å². The Kier molecular flexibility index (Phi) is 4.31. The van der Waals surface area contributed by atoms with Gasteiger partial charge in [0.05, 0.1) is 11.6 Å². The van der Waals surface area contributed by atoms with Crippen molar-refractivity contribution in [2.45, 2.75) is 6.42 Å². The Labute approximate surface area is 110 Å². The first-order valence-electron chi connectivity index (χ1n) is 5.57. The van der Waals surface area contributed by atoms with Crippen molar-refractivity contribution in [2.24, 2.45) is 0 Å². The Bertz CT molecular complexity index is 529. The van der Waals surface area contributed by atoms with Gasteiger partial charge < -0.3 is 4.74 Å². The summed E-state index contributed by atoms with van der Waals surface area (Å²) in [4.78, 5) is 14.8. The van der Waals surface area contributed by atoms with E-state index in [2.05, 4.69) is 4.98 Å². The average molecular weight is 262 g/mol. The lowest BCUT2D eigenvalue weighted by molar-refractivity contribution is 0.112. The molecule has 2 rings (SSSR count). The number of hydrogen-bond acceptors (Lipinski definition) is 3. The second kappa shape index (κ2) is 6.17. The molecular formula is C14H12ClNO2. The van der Waals surface area contributed by atoms with Crippen molar-refractivity contribution in [2.75, 3.05) is 6.61 Å². The molecule has 0 saturated carbocycles. The third-order valence-electron chi connectivity index (χ3n) is 2.43. The van der Waals surface area contributed by atoms with Crippen LogP contribution in [-0.4, -0.2) is 17.9 Å². The number of benzene rings is 1. The zero-order chi connectivity index (χ0) is 12.8. The molecule has 0 fully saturated rings. The van der Waals surface area contributed by atoms with E-state index in [9.17, 15) is 4.79 Å². The third kappa shape index (κ3) is 3.31. The molecule has 0 N–H and O–H groups in total. The minimum atomic E-state index is 0.445. The van der Waals surface area contributed by atoms with Crippen molar-refractivity contribution >= 4 is 17.9 Å². The molecule has 3 nitrogen and oxygen atoms in total. The number of halogens is 1. The van der Waals surface area contributed by atoms with Crippen LogP contribution < -0.4 is 4.74 Å². The van der Waals surface area contributed by atoms with Crippen LogP contribution in [0.25, 0.3) is 0 Å². The fourth-order valence-corrected chi connectivity index (χ4v) is 1.76. The molecule has 1 aromatic carbocycles. The number of aromatic nitrogens is 1. The summed E-state index contributed by atoms with van der Waals surface area (Å²) < 4.78 is 5.55. The minimum absolute atomic E-state index is 0.445. The first-order valence-corrected chi connectivity index (χ1v) is 5.95. The molecule has 4 heteroatoms. The van der Waals surface area contributed by atoms with Crippen LogP contribution in [0.1, 0.15) is 16.1 Å². The van der Waals surface area contributed by atoms with E-state index < -0.39 is 0 Å². The van der Waals surface area contributed by atoms with Gasteiger partial charge in [0.25, 0.3) is 0 Å². The second-order valence-corrected chi connectivity index (χ2v) is 4.13. The van der Waals surface area contributed by atoms with Crippen molar-refractivity contribution in [3.8, 4) is 5.75 Å². The lowest BCUT2D eigenvalue weighted by atomic mass is 10.2. The second-order valence-electron chi connectivity index (χ2n) is 3.73. The molecule has 1 aromatic heterocycles. The highest BCUT2D eigenvalue weighted by molar-refractivity contribution is 6.32. The topological polar surface area (TPSA) is 39.2 Å². The van der Waals surface area contributed by atoms with Crippen LogP contribution >= 0.6 is 11.6 Å². The van der Waals surface area contributed by atoms with E-state index in [-0.39, 0.29) is 0 Å². The Balaban J connectivity index is 1.92. The summed E-state index contributed by atoms with van der Waals surface area (Å²) >= 11 is 5.99. The van der Waals surface area contributed by atoms with Crippen LogP contribution in [0.2, 0.25) is 5.02 Å². The number of hydrogen-bond donors (Lipinski definition) is 0. The normalized spacial score (nSPS) is 10.1. The molecule has 0 aliphatic carbocycles. The summed E-state index contributed by atoms with van der Waals surface area (Å²) in [6, 6.07) is 10.7. The quantitative estimate of drug-likeness (QED) is 0.776. The molecule has 0 atom stereocenters. The molecule has 0 radical (unpaired) electrons. The first-order chi connectivity index (χ1) is 8.79. The third-order valence-corrected chi connectivity index (χ3v) is 2.73. The zero-order valence-corrected chi connectivity index (χ0v) is 10.4. The SMILES string of the molecule is O=Cc1ccc(OCCc2ccccn2)c(Cl)c1. The molecule has 92 valence electrons. The van der Waals surface area contributed by atoms with Crippen molar-refractivity contribution < 1.29 is 9.53 Å². The fraction of sp³-hybridized carbons (Fsp3) is 0.143.